The zero-order chi connectivity index (χ0) is 27.5. The van der Waals surface area contributed by atoms with E-state index in [0.29, 0.717) is 38.9 Å². The maximum Gasteiger partial charge on any atom is 0.240 e. The average molecular weight is 553 g/mol. The van der Waals surface area contributed by atoms with Crippen LogP contribution in [0.3, 0.4) is 0 Å². The maximum atomic E-state index is 14.0. The van der Waals surface area contributed by atoms with E-state index in [2.05, 4.69) is 0 Å². The molecule has 2 amide bonds. The van der Waals surface area contributed by atoms with Crippen LogP contribution < -0.4 is 14.4 Å². The summed E-state index contributed by atoms with van der Waals surface area (Å²) in [5.41, 5.74) is 1.62. The minimum Gasteiger partial charge on any atom is -0.454 e. The SMILES string of the molecule is O=C(C1=C[C@H]2[C@H]3C(=O)N(c4ccc5c(c4)OCO5)C(=O)[C@@H]3[C@H](C(=O)c3ccc(Cl)cc3)N2C=C1)c1ccccc1. The molecule has 198 valence electrons. The number of benzene rings is 3. The van der Waals surface area contributed by atoms with Crippen molar-refractivity contribution in [2.75, 3.05) is 11.7 Å². The van der Waals surface area contributed by atoms with E-state index in [-0.39, 0.29) is 18.4 Å². The van der Waals surface area contributed by atoms with Gasteiger partial charge < -0.3 is 14.4 Å². The van der Waals surface area contributed by atoms with Crippen molar-refractivity contribution in [2.45, 2.75) is 12.1 Å². The van der Waals surface area contributed by atoms with Crippen LogP contribution in [0.1, 0.15) is 20.7 Å². The summed E-state index contributed by atoms with van der Waals surface area (Å²) in [6.45, 7) is 0.0516. The Bertz CT molecular complexity index is 1650. The number of rotatable bonds is 5. The molecule has 9 heteroatoms. The molecule has 2 fully saturated rings. The Morgan fingerprint density at radius 3 is 2.33 bits per heavy atom. The van der Waals surface area contributed by atoms with Gasteiger partial charge in [0.2, 0.25) is 18.6 Å². The number of imide groups is 1. The van der Waals surface area contributed by atoms with Crippen molar-refractivity contribution >= 4 is 40.7 Å². The molecule has 0 spiro atoms. The second-order valence-corrected chi connectivity index (χ2v) is 10.4. The smallest absolute Gasteiger partial charge is 0.240 e. The van der Waals surface area contributed by atoms with Gasteiger partial charge in [-0.3, -0.25) is 19.2 Å². The normalized spacial score (nSPS) is 24.2. The Kier molecular flexibility index (Phi) is 5.61. The molecular formula is C31H21ClN2O6. The van der Waals surface area contributed by atoms with Crippen molar-refractivity contribution in [1.82, 2.24) is 4.90 Å². The van der Waals surface area contributed by atoms with Crippen molar-refractivity contribution in [3.05, 3.63) is 113 Å². The van der Waals surface area contributed by atoms with Crippen LogP contribution in [0.4, 0.5) is 5.69 Å². The number of carbonyl (C=O) groups is 4. The molecule has 2 saturated heterocycles. The topological polar surface area (TPSA) is 93.2 Å². The van der Waals surface area contributed by atoms with Gasteiger partial charge in [0.05, 0.1) is 23.6 Å². The van der Waals surface area contributed by atoms with E-state index >= 15 is 0 Å². The van der Waals surface area contributed by atoms with Crippen LogP contribution in [0.5, 0.6) is 11.5 Å². The number of hydrogen-bond acceptors (Lipinski definition) is 7. The van der Waals surface area contributed by atoms with E-state index in [1.807, 2.05) is 6.07 Å². The molecule has 3 aromatic carbocycles. The molecule has 40 heavy (non-hydrogen) atoms. The highest BCUT2D eigenvalue weighted by atomic mass is 35.5. The Labute approximate surface area is 234 Å². The van der Waals surface area contributed by atoms with E-state index in [1.165, 1.54) is 0 Å². The lowest BCUT2D eigenvalue weighted by molar-refractivity contribution is -0.123. The number of anilines is 1. The predicted molar refractivity (Wildman–Crippen MR) is 145 cm³/mol. The average Bonchev–Trinajstić information content (AvgIpc) is 3.65. The lowest BCUT2D eigenvalue weighted by Gasteiger charge is -2.32. The summed E-state index contributed by atoms with van der Waals surface area (Å²) in [6, 6.07) is 18.5. The fourth-order valence-electron chi connectivity index (χ4n) is 6.02. The summed E-state index contributed by atoms with van der Waals surface area (Å²) in [7, 11) is 0. The standard InChI is InChI=1S/C31H21ClN2O6/c32-20-8-6-18(7-9-20)29(36)27-26-25(22-14-19(12-13-33(22)27)28(35)17-4-2-1-3-5-17)30(37)34(31(26)38)21-10-11-23-24(15-21)40-16-39-23/h1-15,22,25-27H,16H2/t22-,25+,26-,27+/m0/s1. The first-order chi connectivity index (χ1) is 19.4. The van der Waals surface area contributed by atoms with Gasteiger partial charge in [-0.25, -0.2) is 4.90 Å². The van der Waals surface area contributed by atoms with E-state index in [0.717, 1.165) is 4.90 Å². The molecule has 3 aromatic rings. The monoisotopic (exact) mass is 552 g/mol. The third kappa shape index (κ3) is 3.67. The van der Waals surface area contributed by atoms with Crippen LogP contribution in [0.2, 0.25) is 5.02 Å². The van der Waals surface area contributed by atoms with Crippen LogP contribution in [0, 0.1) is 11.8 Å². The Hall–Kier alpha value is -4.69. The highest BCUT2D eigenvalue weighted by Gasteiger charge is 2.63. The zero-order valence-corrected chi connectivity index (χ0v) is 21.7. The second-order valence-electron chi connectivity index (χ2n) is 9.99. The molecule has 0 saturated carbocycles. The van der Waals surface area contributed by atoms with Gasteiger partial charge in [-0.15, -0.1) is 0 Å². The number of allylic oxidation sites excluding steroid dienone is 2. The summed E-state index contributed by atoms with van der Waals surface area (Å²) in [5, 5.41) is 0.477. The van der Waals surface area contributed by atoms with E-state index in [1.54, 1.807) is 90.0 Å². The number of amides is 2. The molecule has 4 heterocycles. The summed E-state index contributed by atoms with van der Waals surface area (Å²) >= 11 is 6.04. The molecule has 0 N–H and O–H groups in total. The van der Waals surface area contributed by atoms with Gasteiger partial charge >= 0.3 is 0 Å². The summed E-state index contributed by atoms with van der Waals surface area (Å²) in [5.74, 6) is -2.30. The zero-order valence-electron chi connectivity index (χ0n) is 20.9. The summed E-state index contributed by atoms with van der Waals surface area (Å²) in [4.78, 5) is 58.1. The second kappa shape index (κ2) is 9.20. The highest BCUT2D eigenvalue weighted by Crippen LogP contribution is 2.48. The molecule has 7 rings (SSSR count). The van der Waals surface area contributed by atoms with Crippen LogP contribution in [0.25, 0.3) is 0 Å². The summed E-state index contributed by atoms with van der Waals surface area (Å²) in [6.07, 6.45) is 5.00. The minimum absolute atomic E-state index is 0.0516. The summed E-state index contributed by atoms with van der Waals surface area (Å²) < 4.78 is 10.8. The number of ketones is 2. The molecule has 0 aliphatic carbocycles. The van der Waals surface area contributed by atoms with Crippen LogP contribution >= 0.6 is 11.6 Å². The number of nitrogens with zero attached hydrogens (tertiary/aromatic N) is 2. The van der Waals surface area contributed by atoms with Crippen molar-refractivity contribution in [1.29, 1.82) is 0 Å². The number of hydrogen-bond donors (Lipinski definition) is 0. The third-order valence-electron chi connectivity index (χ3n) is 7.86. The number of carbonyl (C=O) groups excluding carboxylic acids is 4. The molecule has 0 radical (unpaired) electrons. The lowest BCUT2D eigenvalue weighted by atomic mass is 9.85. The number of Topliss-reactive ketones (excluding diaryl/α,β-unsaturated/α-hetero) is 2. The van der Waals surface area contributed by atoms with Crippen LogP contribution in [-0.4, -0.2) is 47.2 Å². The van der Waals surface area contributed by atoms with Crippen LogP contribution in [-0.2, 0) is 9.59 Å². The van der Waals surface area contributed by atoms with Gasteiger partial charge in [-0.2, -0.15) is 0 Å². The number of fused-ring (bicyclic) bond motifs is 4. The lowest BCUT2D eigenvalue weighted by Crippen LogP contribution is -2.46. The first kappa shape index (κ1) is 24.4. The van der Waals surface area contributed by atoms with Crippen molar-refractivity contribution < 1.29 is 28.7 Å². The molecular weight excluding hydrogens is 532 g/mol. The molecule has 0 aromatic heterocycles. The maximum absolute atomic E-state index is 14.0. The van der Waals surface area contributed by atoms with E-state index < -0.39 is 35.7 Å². The Morgan fingerprint density at radius 1 is 0.825 bits per heavy atom. The quantitative estimate of drug-likeness (QED) is 0.341. The minimum atomic E-state index is -0.960. The van der Waals surface area contributed by atoms with Gasteiger partial charge in [-0.05, 0) is 42.5 Å². The molecule has 0 unspecified atom stereocenters. The van der Waals surface area contributed by atoms with Crippen molar-refractivity contribution in [3.63, 3.8) is 0 Å². The molecule has 4 atom stereocenters. The molecule has 4 aliphatic rings. The largest absolute Gasteiger partial charge is 0.454 e. The third-order valence-corrected chi connectivity index (χ3v) is 8.11. The Morgan fingerprint density at radius 2 is 1.55 bits per heavy atom. The Balaban J connectivity index is 1.30. The molecule has 8 nitrogen and oxygen atoms in total. The highest BCUT2D eigenvalue weighted by molar-refractivity contribution is 6.30. The number of ether oxygens (including phenoxy) is 2. The van der Waals surface area contributed by atoms with Gasteiger partial charge in [-0.1, -0.05) is 48.0 Å². The first-order valence-electron chi connectivity index (χ1n) is 12.8. The molecule has 0 bridgehead atoms. The number of halogens is 1. The molecule has 4 aliphatic heterocycles. The fraction of sp³-hybridized carbons (Fsp3) is 0.161. The van der Waals surface area contributed by atoms with Crippen molar-refractivity contribution in [2.24, 2.45) is 11.8 Å². The first-order valence-corrected chi connectivity index (χ1v) is 13.1. The van der Waals surface area contributed by atoms with Crippen LogP contribution in [0.15, 0.2) is 96.7 Å². The van der Waals surface area contributed by atoms with Gasteiger partial charge in [0, 0.05) is 34.0 Å². The fourth-order valence-corrected chi connectivity index (χ4v) is 6.14. The van der Waals surface area contributed by atoms with Gasteiger partial charge in [0.1, 0.15) is 6.04 Å². The van der Waals surface area contributed by atoms with E-state index in [4.69, 9.17) is 21.1 Å². The van der Waals surface area contributed by atoms with E-state index in [9.17, 15) is 19.2 Å². The van der Waals surface area contributed by atoms with Gasteiger partial charge in [0.25, 0.3) is 0 Å². The van der Waals surface area contributed by atoms with Gasteiger partial charge in [0.15, 0.2) is 23.1 Å². The predicted octanol–water partition coefficient (Wildman–Crippen LogP) is 4.45. The van der Waals surface area contributed by atoms with Crippen molar-refractivity contribution in [3.8, 4) is 11.5 Å².